The molecule has 0 N–H and O–H groups in total. The number of hydrogen-bond donors (Lipinski definition) is 0. The Kier molecular flexibility index (Phi) is 4.19. The van der Waals surface area contributed by atoms with Crippen molar-refractivity contribution in [1.29, 1.82) is 0 Å². The summed E-state index contributed by atoms with van der Waals surface area (Å²) in [6, 6.07) is 0. The first-order valence-electron chi connectivity index (χ1n) is 5.35. The maximum Gasteiger partial charge on any atom is 0.332 e. The zero-order valence-corrected chi connectivity index (χ0v) is 10.7. The van der Waals surface area contributed by atoms with Crippen LogP contribution in [0.5, 0.6) is 0 Å². The van der Waals surface area contributed by atoms with Gasteiger partial charge in [0.2, 0.25) is 0 Å². The van der Waals surface area contributed by atoms with Crippen molar-refractivity contribution in [3.63, 3.8) is 0 Å². The Balaban J connectivity index is 3.65. The van der Waals surface area contributed by atoms with E-state index in [4.69, 9.17) is 0 Å². The van der Waals surface area contributed by atoms with Crippen molar-refractivity contribution in [3.05, 3.63) is 44.0 Å². The van der Waals surface area contributed by atoms with Crippen molar-refractivity contribution >= 4 is 5.82 Å². The molecule has 0 aliphatic carbocycles. The number of anilines is 1. The number of likely N-dealkylation sites (N-methyl/N-ethyl adjacent to an activating group) is 1. The summed E-state index contributed by atoms with van der Waals surface area (Å²) in [6.45, 7) is 3.78. The van der Waals surface area contributed by atoms with Gasteiger partial charge >= 0.3 is 5.69 Å². The molecule has 0 atom stereocenters. The lowest BCUT2D eigenvalue weighted by atomic mass is 10.2. The fraction of sp³-hybridized carbons (Fsp3) is 0.455. The lowest BCUT2D eigenvalue weighted by Crippen LogP contribution is -2.42. The highest BCUT2D eigenvalue weighted by Crippen LogP contribution is 2.14. The average Bonchev–Trinajstić information content (AvgIpc) is 2.34. The van der Waals surface area contributed by atoms with Gasteiger partial charge in [-0.05, 0) is 0 Å². The number of nitroso groups, excluding NO2 is 1. The molecule has 0 spiro atoms. The lowest BCUT2D eigenvalue weighted by Gasteiger charge is -2.23. The van der Waals surface area contributed by atoms with Crippen molar-refractivity contribution in [2.24, 2.45) is 19.3 Å². The van der Waals surface area contributed by atoms with Crippen LogP contribution < -0.4 is 16.1 Å². The molecule has 0 radical (unpaired) electrons. The molecule has 1 aromatic heterocycles. The van der Waals surface area contributed by atoms with Crippen LogP contribution in [0.2, 0.25) is 0 Å². The summed E-state index contributed by atoms with van der Waals surface area (Å²) in [4.78, 5) is 35.9. The third-order valence-corrected chi connectivity index (χ3v) is 2.71. The van der Waals surface area contributed by atoms with Crippen LogP contribution in [0.25, 0.3) is 0 Å². The summed E-state index contributed by atoms with van der Waals surface area (Å²) < 4.78 is 2.29. The third-order valence-electron chi connectivity index (χ3n) is 2.71. The van der Waals surface area contributed by atoms with E-state index in [1.165, 1.54) is 11.6 Å². The molecule has 0 amide bonds. The van der Waals surface area contributed by atoms with Crippen molar-refractivity contribution in [3.8, 4) is 0 Å². The molecule has 18 heavy (non-hydrogen) atoms. The second-order valence-corrected chi connectivity index (χ2v) is 3.96. The SMILES string of the molecule is C=CCN(C)c1c(CN=O)c(=O)n(C)c(=O)n1C. The number of aromatic nitrogens is 2. The molecule has 0 aliphatic heterocycles. The van der Waals surface area contributed by atoms with E-state index in [1.807, 2.05) is 0 Å². The number of hydrogen-bond acceptors (Lipinski definition) is 5. The molecule has 1 rings (SSSR count). The van der Waals surface area contributed by atoms with Gasteiger partial charge in [0, 0.05) is 27.7 Å². The van der Waals surface area contributed by atoms with Gasteiger partial charge in [-0.3, -0.25) is 13.9 Å². The van der Waals surface area contributed by atoms with Crippen LogP contribution in [-0.2, 0) is 20.6 Å². The second-order valence-electron chi connectivity index (χ2n) is 3.96. The monoisotopic (exact) mass is 252 g/mol. The molecule has 0 saturated carbocycles. The Morgan fingerprint density at radius 2 is 1.94 bits per heavy atom. The molecular formula is C11H16N4O3. The van der Waals surface area contributed by atoms with E-state index in [0.717, 1.165) is 4.57 Å². The average molecular weight is 252 g/mol. The van der Waals surface area contributed by atoms with Crippen LogP contribution >= 0.6 is 0 Å². The van der Waals surface area contributed by atoms with Gasteiger partial charge in [0.25, 0.3) is 5.56 Å². The van der Waals surface area contributed by atoms with Crippen LogP contribution in [0.3, 0.4) is 0 Å². The third kappa shape index (κ3) is 2.24. The largest absolute Gasteiger partial charge is 0.357 e. The van der Waals surface area contributed by atoms with E-state index in [9.17, 15) is 14.5 Å². The molecule has 0 saturated heterocycles. The van der Waals surface area contributed by atoms with Gasteiger partial charge in [-0.15, -0.1) is 6.58 Å². The molecular weight excluding hydrogens is 236 g/mol. The van der Waals surface area contributed by atoms with E-state index in [2.05, 4.69) is 11.8 Å². The molecule has 0 aromatic carbocycles. The lowest BCUT2D eigenvalue weighted by molar-refractivity contribution is 0.659. The van der Waals surface area contributed by atoms with Gasteiger partial charge in [-0.25, -0.2) is 4.79 Å². The van der Waals surface area contributed by atoms with Crippen LogP contribution in [0.1, 0.15) is 5.56 Å². The van der Waals surface area contributed by atoms with Crippen LogP contribution in [0.15, 0.2) is 27.4 Å². The summed E-state index contributed by atoms with van der Waals surface area (Å²) in [6.07, 6.45) is 1.64. The maximum absolute atomic E-state index is 12.0. The van der Waals surface area contributed by atoms with Crippen LogP contribution in [-0.4, -0.2) is 22.7 Å². The van der Waals surface area contributed by atoms with E-state index in [0.29, 0.717) is 12.4 Å². The van der Waals surface area contributed by atoms with E-state index in [-0.39, 0.29) is 12.1 Å². The highest BCUT2D eigenvalue weighted by molar-refractivity contribution is 5.46. The van der Waals surface area contributed by atoms with Crippen molar-refractivity contribution in [2.75, 3.05) is 18.5 Å². The molecule has 1 heterocycles. The van der Waals surface area contributed by atoms with E-state index >= 15 is 0 Å². The second kappa shape index (κ2) is 5.44. The fourth-order valence-electron chi connectivity index (χ4n) is 1.87. The predicted octanol–water partition coefficient (Wildman–Crippen LogP) is -0.0274. The molecule has 0 bridgehead atoms. The first-order valence-corrected chi connectivity index (χ1v) is 5.35. The maximum atomic E-state index is 12.0. The fourth-order valence-corrected chi connectivity index (χ4v) is 1.87. The van der Waals surface area contributed by atoms with Crippen molar-refractivity contribution in [1.82, 2.24) is 9.13 Å². The van der Waals surface area contributed by atoms with E-state index < -0.39 is 11.2 Å². The van der Waals surface area contributed by atoms with Crippen LogP contribution in [0, 0.1) is 4.91 Å². The van der Waals surface area contributed by atoms with Crippen molar-refractivity contribution in [2.45, 2.75) is 6.54 Å². The molecule has 0 aliphatic rings. The molecule has 7 heteroatoms. The van der Waals surface area contributed by atoms with Gasteiger partial charge in [-0.1, -0.05) is 11.3 Å². The number of nitrogens with zero attached hydrogens (tertiary/aromatic N) is 4. The minimum absolute atomic E-state index is 0.207. The van der Waals surface area contributed by atoms with Crippen molar-refractivity contribution < 1.29 is 0 Å². The number of rotatable bonds is 5. The first-order chi connectivity index (χ1) is 8.45. The summed E-state index contributed by atoms with van der Waals surface area (Å²) in [7, 11) is 4.63. The summed E-state index contributed by atoms with van der Waals surface area (Å²) in [5.41, 5.74) is -0.733. The molecule has 7 nitrogen and oxygen atoms in total. The molecule has 0 unspecified atom stereocenters. The standard InChI is InChI=1S/C11H16N4O3/c1-5-6-13(2)9-8(7-12-18)10(16)15(4)11(17)14(9)3/h5H,1,6-7H2,2-4H3. The highest BCUT2D eigenvalue weighted by Gasteiger charge is 2.18. The topological polar surface area (TPSA) is 76.7 Å². The molecule has 1 aromatic rings. The Morgan fingerprint density at radius 3 is 2.44 bits per heavy atom. The first kappa shape index (κ1) is 13.9. The minimum Gasteiger partial charge on any atom is -0.357 e. The highest BCUT2D eigenvalue weighted by atomic mass is 16.3. The van der Waals surface area contributed by atoms with Gasteiger partial charge in [0.1, 0.15) is 12.4 Å². The van der Waals surface area contributed by atoms with Gasteiger partial charge in [-0.2, -0.15) is 4.91 Å². The van der Waals surface area contributed by atoms with Gasteiger partial charge < -0.3 is 4.90 Å². The van der Waals surface area contributed by atoms with Gasteiger partial charge in [0.15, 0.2) is 0 Å². The Hall–Kier alpha value is -2.18. The Morgan fingerprint density at radius 1 is 1.33 bits per heavy atom. The summed E-state index contributed by atoms with van der Waals surface area (Å²) >= 11 is 0. The van der Waals surface area contributed by atoms with Crippen LogP contribution in [0.4, 0.5) is 5.82 Å². The minimum atomic E-state index is -0.497. The quantitative estimate of drug-likeness (QED) is 0.545. The zero-order valence-electron chi connectivity index (χ0n) is 10.7. The predicted molar refractivity (Wildman–Crippen MR) is 69.9 cm³/mol. The Bertz CT molecular complexity index is 585. The molecule has 98 valence electrons. The van der Waals surface area contributed by atoms with Gasteiger partial charge in [0.05, 0.1) is 5.56 Å². The normalized spacial score (nSPS) is 10.2. The smallest absolute Gasteiger partial charge is 0.332 e. The molecule has 0 fully saturated rings. The zero-order chi connectivity index (χ0) is 13.9. The summed E-state index contributed by atoms with van der Waals surface area (Å²) in [5, 5.41) is 2.75. The summed E-state index contributed by atoms with van der Waals surface area (Å²) in [5.74, 6) is 0.391. The van der Waals surface area contributed by atoms with E-state index in [1.54, 1.807) is 25.1 Å². The Labute approximate surface area is 104 Å².